The topological polar surface area (TPSA) is 44.8 Å². The lowest BCUT2D eigenvalue weighted by Gasteiger charge is -2.13. The molecule has 0 radical (unpaired) electrons. The third kappa shape index (κ3) is 4.45. The highest BCUT2D eigenvalue weighted by molar-refractivity contribution is 9.10. The SMILES string of the molecule is CCc1ccc(OCc2c(Br)cccc2OC(=O)OC)cc1F. The van der Waals surface area contributed by atoms with E-state index in [4.69, 9.17) is 9.47 Å². The Bertz CT molecular complexity index is 703. The van der Waals surface area contributed by atoms with E-state index in [1.165, 1.54) is 13.2 Å². The molecular formula is C17H16BrFO4. The maximum absolute atomic E-state index is 13.8. The van der Waals surface area contributed by atoms with Crippen LogP contribution in [0.1, 0.15) is 18.1 Å². The van der Waals surface area contributed by atoms with E-state index >= 15 is 0 Å². The summed E-state index contributed by atoms with van der Waals surface area (Å²) in [5.41, 5.74) is 1.26. The predicted molar refractivity (Wildman–Crippen MR) is 87.3 cm³/mol. The molecule has 0 amide bonds. The number of carbonyl (C=O) groups excluding carboxylic acids is 1. The summed E-state index contributed by atoms with van der Waals surface area (Å²) in [5.74, 6) is 0.416. The van der Waals surface area contributed by atoms with Crippen LogP contribution in [-0.2, 0) is 17.8 Å². The van der Waals surface area contributed by atoms with Gasteiger partial charge < -0.3 is 14.2 Å². The van der Waals surface area contributed by atoms with Crippen molar-refractivity contribution in [2.24, 2.45) is 0 Å². The summed E-state index contributed by atoms with van der Waals surface area (Å²) in [6, 6.07) is 9.89. The summed E-state index contributed by atoms with van der Waals surface area (Å²) in [6.07, 6.45) is -0.198. The van der Waals surface area contributed by atoms with Crippen LogP contribution in [-0.4, -0.2) is 13.3 Å². The van der Waals surface area contributed by atoms with E-state index in [-0.39, 0.29) is 12.4 Å². The summed E-state index contributed by atoms with van der Waals surface area (Å²) >= 11 is 3.38. The molecule has 0 unspecified atom stereocenters. The lowest BCUT2D eigenvalue weighted by Crippen LogP contribution is -2.10. The van der Waals surface area contributed by atoms with Gasteiger partial charge in [-0.25, -0.2) is 9.18 Å². The summed E-state index contributed by atoms with van der Waals surface area (Å²) in [5, 5.41) is 0. The first-order valence-corrected chi connectivity index (χ1v) is 7.78. The maximum atomic E-state index is 13.8. The highest BCUT2D eigenvalue weighted by atomic mass is 79.9. The van der Waals surface area contributed by atoms with Gasteiger partial charge >= 0.3 is 6.16 Å². The van der Waals surface area contributed by atoms with E-state index in [9.17, 15) is 9.18 Å². The molecule has 0 aliphatic rings. The summed E-state index contributed by atoms with van der Waals surface area (Å²) in [7, 11) is 1.23. The Hall–Kier alpha value is -2.08. The van der Waals surface area contributed by atoms with Crippen molar-refractivity contribution in [3.8, 4) is 11.5 Å². The first kappa shape index (κ1) is 17.3. The van der Waals surface area contributed by atoms with Gasteiger partial charge in [-0.15, -0.1) is 0 Å². The van der Waals surface area contributed by atoms with Crippen LogP contribution in [0.15, 0.2) is 40.9 Å². The van der Waals surface area contributed by atoms with Crippen molar-refractivity contribution in [3.05, 3.63) is 57.8 Å². The Morgan fingerprint density at radius 1 is 1.26 bits per heavy atom. The zero-order valence-electron chi connectivity index (χ0n) is 12.8. The minimum atomic E-state index is -0.817. The van der Waals surface area contributed by atoms with Gasteiger partial charge in [0.2, 0.25) is 0 Å². The van der Waals surface area contributed by atoms with Crippen molar-refractivity contribution in [1.82, 2.24) is 0 Å². The van der Waals surface area contributed by atoms with E-state index in [2.05, 4.69) is 20.7 Å². The molecule has 0 aliphatic carbocycles. The van der Waals surface area contributed by atoms with Crippen LogP contribution in [0.25, 0.3) is 0 Å². The van der Waals surface area contributed by atoms with E-state index in [0.717, 1.165) is 0 Å². The minimum Gasteiger partial charge on any atom is -0.489 e. The normalized spacial score (nSPS) is 10.3. The summed E-state index contributed by atoms with van der Waals surface area (Å²) in [4.78, 5) is 11.3. The second kappa shape index (κ2) is 7.97. The molecule has 6 heteroatoms. The van der Waals surface area contributed by atoms with Crippen LogP contribution < -0.4 is 9.47 Å². The molecule has 2 rings (SSSR count). The second-order valence-electron chi connectivity index (χ2n) is 4.67. The van der Waals surface area contributed by atoms with Gasteiger partial charge in [0.25, 0.3) is 0 Å². The molecule has 122 valence electrons. The van der Waals surface area contributed by atoms with E-state index in [1.807, 2.05) is 6.92 Å². The molecule has 0 fully saturated rings. The fraction of sp³-hybridized carbons (Fsp3) is 0.235. The van der Waals surface area contributed by atoms with Crippen LogP contribution in [0, 0.1) is 5.82 Å². The number of benzene rings is 2. The maximum Gasteiger partial charge on any atom is 0.513 e. The van der Waals surface area contributed by atoms with E-state index in [0.29, 0.717) is 33.5 Å². The number of hydrogen-bond donors (Lipinski definition) is 0. The fourth-order valence-corrected chi connectivity index (χ4v) is 2.43. The van der Waals surface area contributed by atoms with Crippen molar-refractivity contribution >= 4 is 22.1 Å². The molecule has 0 heterocycles. The molecule has 23 heavy (non-hydrogen) atoms. The zero-order valence-corrected chi connectivity index (χ0v) is 14.4. The Morgan fingerprint density at radius 2 is 2.04 bits per heavy atom. The Morgan fingerprint density at radius 3 is 2.70 bits per heavy atom. The van der Waals surface area contributed by atoms with Crippen molar-refractivity contribution in [2.75, 3.05) is 7.11 Å². The number of methoxy groups -OCH3 is 1. The van der Waals surface area contributed by atoms with Gasteiger partial charge in [-0.3, -0.25) is 0 Å². The number of aryl methyl sites for hydroxylation is 1. The van der Waals surface area contributed by atoms with Crippen molar-refractivity contribution in [2.45, 2.75) is 20.0 Å². The lowest BCUT2D eigenvalue weighted by atomic mass is 10.1. The molecule has 0 aromatic heterocycles. The number of hydrogen-bond acceptors (Lipinski definition) is 4. The van der Waals surface area contributed by atoms with Gasteiger partial charge in [0.1, 0.15) is 23.9 Å². The van der Waals surface area contributed by atoms with Crippen molar-refractivity contribution in [3.63, 3.8) is 0 Å². The van der Waals surface area contributed by atoms with E-state index < -0.39 is 6.16 Å². The lowest BCUT2D eigenvalue weighted by molar-refractivity contribution is 0.120. The van der Waals surface area contributed by atoms with Crippen LogP contribution in [0.2, 0.25) is 0 Å². The highest BCUT2D eigenvalue weighted by Gasteiger charge is 2.13. The van der Waals surface area contributed by atoms with Gasteiger partial charge in [0.15, 0.2) is 0 Å². The number of carbonyl (C=O) groups is 1. The van der Waals surface area contributed by atoms with E-state index in [1.54, 1.807) is 30.3 Å². The first-order chi connectivity index (χ1) is 11.0. The molecular weight excluding hydrogens is 367 g/mol. The van der Waals surface area contributed by atoms with Gasteiger partial charge in [-0.2, -0.15) is 0 Å². The van der Waals surface area contributed by atoms with Gasteiger partial charge in [0, 0.05) is 16.1 Å². The molecule has 0 atom stereocenters. The van der Waals surface area contributed by atoms with Gasteiger partial charge in [-0.1, -0.05) is 35.0 Å². The molecule has 2 aromatic rings. The van der Waals surface area contributed by atoms with Gasteiger partial charge in [0.05, 0.1) is 7.11 Å². The average molecular weight is 383 g/mol. The van der Waals surface area contributed by atoms with Crippen molar-refractivity contribution in [1.29, 1.82) is 0 Å². The summed E-state index contributed by atoms with van der Waals surface area (Å²) in [6.45, 7) is 2.00. The minimum absolute atomic E-state index is 0.110. The molecule has 0 bridgehead atoms. The number of halogens is 2. The molecule has 0 N–H and O–H groups in total. The number of rotatable bonds is 5. The molecule has 2 aromatic carbocycles. The van der Waals surface area contributed by atoms with Crippen LogP contribution in [0.5, 0.6) is 11.5 Å². The molecule has 0 spiro atoms. The molecule has 0 saturated carbocycles. The third-order valence-corrected chi connectivity index (χ3v) is 3.97. The standard InChI is InChI=1S/C17H16BrFO4/c1-3-11-7-8-12(9-15(11)19)22-10-13-14(18)5-4-6-16(13)23-17(20)21-2/h4-9H,3,10H2,1-2H3. The Balaban J connectivity index is 2.16. The first-order valence-electron chi connectivity index (χ1n) is 6.99. The quantitative estimate of drug-likeness (QED) is 0.546. The predicted octanol–water partition coefficient (Wildman–Crippen LogP) is 4.87. The molecule has 0 saturated heterocycles. The van der Waals surface area contributed by atoms with Crippen LogP contribution >= 0.6 is 15.9 Å². The van der Waals surface area contributed by atoms with Crippen LogP contribution in [0.3, 0.4) is 0 Å². The largest absolute Gasteiger partial charge is 0.513 e. The Labute approximate surface area is 142 Å². The monoisotopic (exact) mass is 382 g/mol. The molecule has 0 aliphatic heterocycles. The average Bonchev–Trinajstić information content (AvgIpc) is 2.54. The summed E-state index contributed by atoms with van der Waals surface area (Å²) < 4.78 is 29.7. The second-order valence-corrected chi connectivity index (χ2v) is 5.52. The van der Waals surface area contributed by atoms with Crippen molar-refractivity contribution < 1.29 is 23.4 Å². The smallest absolute Gasteiger partial charge is 0.489 e. The Kier molecular flexibility index (Phi) is 5.98. The number of ether oxygens (including phenoxy) is 3. The van der Waals surface area contributed by atoms with Crippen LogP contribution in [0.4, 0.5) is 9.18 Å². The third-order valence-electron chi connectivity index (χ3n) is 3.22. The zero-order chi connectivity index (χ0) is 16.8. The van der Waals surface area contributed by atoms with Gasteiger partial charge in [-0.05, 0) is 30.2 Å². The fourth-order valence-electron chi connectivity index (χ4n) is 1.97. The highest BCUT2D eigenvalue weighted by Crippen LogP contribution is 2.29. The molecule has 4 nitrogen and oxygen atoms in total.